The highest BCUT2D eigenvalue weighted by Crippen LogP contribution is 2.20. The molecule has 0 radical (unpaired) electrons. The maximum atomic E-state index is 10.8. The molecule has 0 saturated carbocycles. The molecule has 0 aliphatic heterocycles. The van der Waals surface area contributed by atoms with E-state index in [-0.39, 0.29) is 5.69 Å². The fraction of sp³-hybridized carbons (Fsp3) is 0. The van der Waals surface area contributed by atoms with Crippen LogP contribution in [0.2, 0.25) is 0 Å². The Labute approximate surface area is 83.1 Å². The molecule has 2 rings (SSSR count). The highest BCUT2D eigenvalue weighted by atomic mass is 32.1. The molecule has 0 aromatic carbocycles. The van der Waals surface area contributed by atoms with Gasteiger partial charge in [-0.1, -0.05) is 0 Å². The van der Waals surface area contributed by atoms with Crippen LogP contribution in [0.5, 0.6) is 0 Å². The first-order valence-corrected chi connectivity index (χ1v) is 4.65. The van der Waals surface area contributed by atoms with E-state index in [1.165, 1.54) is 23.9 Å². The normalized spacial score (nSPS) is 10.0. The summed E-state index contributed by atoms with van der Waals surface area (Å²) in [5.74, 6) is -1.07. The molecule has 0 saturated heterocycles. The Kier molecular flexibility index (Phi) is 2.19. The summed E-state index contributed by atoms with van der Waals surface area (Å²) < 4.78 is 0. The number of hydrogen-bond acceptors (Lipinski definition) is 5. The lowest BCUT2D eigenvalue weighted by Gasteiger charge is -1.99. The highest BCUT2D eigenvalue weighted by Gasteiger charge is 2.14. The summed E-state index contributed by atoms with van der Waals surface area (Å²) in [6.45, 7) is 0. The highest BCUT2D eigenvalue weighted by molar-refractivity contribution is 7.07. The Bertz CT molecular complexity index is 455. The number of carboxylic acids is 1. The standard InChI is InChI=1S/C8H5N3O2S/c12-8(13)7-5(1-9-3-10-7)6-2-14-4-11-6/h1-4H,(H,12,13). The van der Waals surface area contributed by atoms with Gasteiger partial charge < -0.3 is 5.11 Å². The van der Waals surface area contributed by atoms with Crippen molar-refractivity contribution in [3.8, 4) is 11.3 Å². The van der Waals surface area contributed by atoms with Crippen LogP contribution in [-0.2, 0) is 0 Å². The molecule has 5 nitrogen and oxygen atoms in total. The molecule has 2 aromatic heterocycles. The van der Waals surface area contributed by atoms with Crippen LogP contribution in [0.25, 0.3) is 11.3 Å². The van der Waals surface area contributed by atoms with Gasteiger partial charge in [0.15, 0.2) is 5.69 Å². The lowest BCUT2D eigenvalue weighted by molar-refractivity contribution is 0.0691. The number of thiazole rings is 1. The van der Waals surface area contributed by atoms with Crippen molar-refractivity contribution < 1.29 is 9.90 Å². The molecule has 70 valence electrons. The van der Waals surface area contributed by atoms with Crippen LogP contribution in [0.3, 0.4) is 0 Å². The van der Waals surface area contributed by atoms with Crippen LogP contribution in [0.15, 0.2) is 23.4 Å². The lowest BCUT2D eigenvalue weighted by atomic mass is 10.2. The molecule has 0 aliphatic rings. The first-order chi connectivity index (χ1) is 6.79. The predicted octanol–water partition coefficient (Wildman–Crippen LogP) is 1.30. The van der Waals surface area contributed by atoms with Gasteiger partial charge in [-0.25, -0.2) is 19.7 Å². The lowest BCUT2D eigenvalue weighted by Crippen LogP contribution is -2.03. The number of aromatic carboxylic acids is 1. The zero-order chi connectivity index (χ0) is 9.97. The Hall–Kier alpha value is -1.82. The summed E-state index contributed by atoms with van der Waals surface area (Å²) >= 11 is 1.40. The maximum absolute atomic E-state index is 10.8. The molecule has 0 atom stereocenters. The molecule has 0 unspecified atom stereocenters. The fourth-order valence-electron chi connectivity index (χ4n) is 1.03. The average molecular weight is 207 g/mol. The molecule has 2 aromatic rings. The Morgan fingerprint density at radius 3 is 2.93 bits per heavy atom. The van der Waals surface area contributed by atoms with Gasteiger partial charge >= 0.3 is 5.97 Å². The predicted molar refractivity (Wildman–Crippen MR) is 50.1 cm³/mol. The second-order valence-electron chi connectivity index (χ2n) is 2.46. The van der Waals surface area contributed by atoms with E-state index < -0.39 is 5.97 Å². The third-order valence-electron chi connectivity index (χ3n) is 1.62. The minimum Gasteiger partial charge on any atom is -0.476 e. The van der Waals surface area contributed by atoms with Gasteiger partial charge in [-0.3, -0.25) is 0 Å². The molecule has 6 heteroatoms. The number of hydrogen-bond donors (Lipinski definition) is 1. The molecule has 0 fully saturated rings. The molecule has 0 spiro atoms. The van der Waals surface area contributed by atoms with Crippen molar-refractivity contribution in [1.82, 2.24) is 15.0 Å². The van der Waals surface area contributed by atoms with Crippen LogP contribution in [0, 0.1) is 0 Å². The summed E-state index contributed by atoms with van der Waals surface area (Å²) in [4.78, 5) is 22.3. The minimum absolute atomic E-state index is 0.0223. The van der Waals surface area contributed by atoms with Crippen LogP contribution in [0.1, 0.15) is 10.5 Å². The van der Waals surface area contributed by atoms with E-state index in [1.54, 1.807) is 10.9 Å². The van der Waals surface area contributed by atoms with Gasteiger partial charge in [0.25, 0.3) is 0 Å². The van der Waals surface area contributed by atoms with Crippen molar-refractivity contribution in [2.75, 3.05) is 0 Å². The monoisotopic (exact) mass is 207 g/mol. The topological polar surface area (TPSA) is 76.0 Å². The second-order valence-corrected chi connectivity index (χ2v) is 3.18. The van der Waals surface area contributed by atoms with E-state index in [2.05, 4.69) is 15.0 Å². The van der Waals surface area contributed by atoms with Crippen LogP contribution in [-0.4, -0.2) is 26.0 Å². The summed E-state index contributed by atoms with van der Waals surface area (Å²) in [5.41, 5.74) is 2.65. The van der Waals surface area contributed by atoms with E-state index in [0.717, 1.165) is 0 Å². The van der Waals surface area contributed by atoms with E-state index >= 15 is 0 Å². The van der Waals surface area contributed by atoms with Crippen molar-refractivity contribution in [3.63, 3.8) is 0 Å². The van der Waals surface area contributed by atoms with Crippen molar-refractivity contribution in [2.24, 2.45) is 0 Å². The van der Waals surface area contributed by atoms with Crippen molar-refractivity contribution in [1.29, 1.82) is 0 Å². The minimum atomic E-state index is -1.07. The summed E-state index contributed by atoms with van der Waals surface area (Å²) in [7, 11) is 0. The molecule has 14 heavy (non-hydrogen) atoms. The third-order valence-corrected chi connectivity index (χ3v) is 2.21. The molecule has 0 bridgehead atoms. The number of carbonyl (C=O) groups is 1. The molecular formula is C8H5N3O2S. The summed E-state index contributed by atoms with van der Waals surface area (Å²) in [6.07, 6.45) is 2.66. The van der Waals surface area contributed by atoms with Gasteiger partial charge in [-0.2, -0.15) is 0 Å². The number of aromatic nitrogens is 3. The van der Waals surface area contributed by atoms with Crippen molar-refractivity contribution >= 4 is 17.3 Å². The van der Waals surface area contributed by atoms with Gasteiger partial charge in [-0.15, -0.1) is 11.3 Å². The van der Waals surface area contributed by atoms with Crippen LogP contribution >= 0.6 is 11.3 Å². The zero-order valence-electron chi connectivity index (χ0n) is 6.91. The van der Waals surface area contributed by atoms with E-state index in [4.69, 9.17) is 5.11 Å². The third kappa shape index (κ3) is 1.47. The second kappa shape index (κ2) is 3.51. The van der Waals surface area contributed by atoms with Gasteiger partial charge in [0, 0.05) is 11.6 Å². The van der Waals surface area contributed by atoms with E-state index in [1.807, 2.05) is 0 Å². The van der Waals surface area contributed by atoms with Crippen LogP contribution < -0.4 is 0 Å². The Morgan fingerprint density at radius 2 is 2.29 bits per heavy atom. The Balaban J connectivity index is 2.58. The summed E-state index contributed by atoms with van der Waals surface area (Å²) in [6, 6.07) is 0. The van der Waals surface area contributed by atoms with Crippen LogP contribution in [0.4, 0.5) is 0 Å². The van der Waals surface area contributed by atoms with Gasteiger partial charge in [-0.05, 0) is 0 Å². The zero-order valence-corrected chi connectivity index (χ0v) is 7.73. The quantitative estimate of drug-likeness (QED) is 0.803. The molecular weight excluding hydrogens is 202 g/mol. The smallest absolute Gasteiger partial charge is 0.355 e. The summed E-state index contributed by atoms with van der Waals surface area (Å²) in [5, 5.41) is 10.6. The number of nitrogens with zero attached hydrogens (tertiary/aromatic N) is 3. The van der Waals surface area contributed by atoms with E-state index in [9.17, 15) is 4.79 Å². The Morgan fingerprint density at radius 1 is 1.43 bits per heavy atom. The van der Waals surface area contributed by atoms with E-state index in [0.29, 0.717) is 11.3 Å². The first-order valence-electron chi connectivity index (χ1n) is 3.71. The first kappa shape index (κ1) is 8.76. The van der Waals surface area contributed by atoms with Crippen molar-refractivity contribution in [3.05, 3.63) is 29.1 Å². The molecule has 0 aliphatic carbocycles. The fourth-order valence-corrected chi connectivity index (χ4v) is 1.59. The van der Waals surface area contributed by atoms with Crippen molar-refractivity contribution in [2.45, 2.75) is 0 Å². The van der Waals surface area contributed by atoms with Gasteiger partial charge in [0.2, 0.25) is 0 Å². The largest absolute Gasteiger partial charge is 0.476 e. The number of carboxylic acid groups (broad SMARTS) is 1. The SMILES string of the molecule is O=C(O)c1ncncc1-c1cscn1. The van der Waals surface area contributed by atoms with Gasteiger partial charge in [0.05, 0.1) is 16.8 Å². The molecule has 0 amide bonds. The average Bonchev–Trinajstić information content (AvgIpc) is 2.70. The number of rotatable bonds is 2. The molecule has 2 heterocycles. The molecule has 1 N–H and O–H groups in total. The van der Waals surface area contributed by atoms with Gasteiger partial charge in [0.1, 0.15) is 6.33 Å². The maximum Gasteiger partial charge on any atom is 0.355 e.